The molecule has 2 atom stereocenters. The van der Waals surface area contributed by atoms with E-state index in [1.165, 1.54) is 0 Å². The second-order valence-electron chi connectivity index (χ2n) is 10.3. The number of hydrogen-bond acceptors (Lipinski definition) is 6. The Bertz CT molecular complexity index is 1590. The second-order valence-corrected chi connectivity index (χ2v) is 11.2. The van der Waals surface area contributed by atoms with Crippen molar-refractivity contribution < 1.29 is 19.8 Å². The van der Waals surface area contributed by atoms with Crippen molar-refractivity contribution in [2.75, 3.05) is 16.8 Å². The van der Waals surface area contributed by atoms with Crippen LogP contribution in [0.3, 0.4) is 0 Å². The number of hydrogen-bond donors (Lipinski definition) is 3. The molecule has 2 heterocycles. The summed E-state index contributed by atoms with van der Waals surface area (Å²) in [5, 5.41) is 32.0. The van der Waals surface area contributed by atoms with Crippen LogP contribution in [0.5, 0.6) is 0 Å². The SMILES string of the molecule is C[C@@H](/C=C/CCn1cc(CCO)nn1)[C@]1(O)C(=O)N(Cc2ccc(NC(=O)c3ccccc3)cc2)c2ccc(Br)cc21. The standard InChI is InChI=1S/C32H32BrN5O4/c1-22(7-5-6-17-37-21-27(16-18-39)35-36-37)32(42)28-19-25(33)12-15-29(28)38(31(32)41)20-23-10-13-26(14-11-23)34-30(40)24-8-3-2-4-9-24/h2-5,7-15,19,21-22,39,42H,6,16-18,20H2,1H3,(H,34,40)/b7-5+/t22-,32+/m0/s1. The first-order valence-electron chi connectivity index (χ1n) is 13.8. The van der Waals surface area contributed by atoms with Crippen LogP contribution in [0.1, 0.15) is 40.5 Å². The van der Waals surface area contributed by atoms with Gasteiger partial charge in [0.1, 0.15) is 0 Å². The van der Waals surface area contributed by atoms with E-state index in [0.29, 0.717) is 41.9 Å². The summed E-state index contributed by atoms with van der Waals surface area (Å²) < 4.78 is 2.48. The van der Waals surface area contributed by atoms with Crippen LogP contribution in [-0.2, 0) is 29.9 Å². The molecule has 1 aromatic heterocycles. The number of allylic oxidation sites excluding steroid dienone is 1. The minimum absolute atomic E-state index is 0.0234. The highest BCUT2D eigenvalue weighted by Crippen LogP contribution is 2.46. The Morgan fingerprint density at radius 2 is 1.88 bits per heavy atom. The minimum atomic E-state index is -1.74. The maximum Gasteiger partial charge on any atom is 0.264 e. The van der Waals surface area contributed by atoms with E-state index in [4.69, 9.17) is 5.11 Å². The van der Waals surface area contributed by atoms with Crippen LogP contribution < -0.4 is 10.2 Å². The van der Waals surface area contributed by atoms with Crippen molar-refractivity contribution in [1.82, 2.24) is 15.0 Å². The van der Waals surface area contributed by atoms with E-state index >= 15 is 0 Å². The lowest BCUT2D eigenvalue weighted by Crippen LogP contribution is -2.44. The summed E-state index contributed by atoms with van der Waals surface area (Å²) in [7, 11) is 0. The number of halogens is 1. The lowest BCUT2D eigenvalue weighted by atomic mass is 9.83. The van der Waals surface area contributed by atoms with Gasteiger partial charge >= 0.3 is 0 Å². The van der Waals surface area contributed by atoms with Crippen LogP contribution in [0.2, 0.25) is 0 Å². The normalized spacial score (nSPS) is 17.0. The largest absolute Gasteiger partial charge is 0.396 e. The van der Waals surface area contributed by atoms with Crippen molar-refractivity contribution in [2.24, 2.45) is 5.92 Å². The molecular weight excluding hydrogens is 598 g/mol. The number of carbonyl (C=O) groups is 2. The molecule has 0 unspecified atom stereocenters. The van der Waals surface area contributed by atoms with Crippen LogP contribution in [0, 0.1) is 5.92 Å². The summed E-state index contributed by atoms with van der Waals surface area (Å²) in [5.41, 5.74) is 2.28. The molecule has 1 aliphatic heterocycles. The van der Waals surface area contributed by atoms with Gasteiger partial charge in [0.2, 0.25) is 0 Å². The van der Waals surface area contributed by atoms with E-state index in [1.807, 2.05) is 61.5 Å². The summed E-state index contributed by atoms with van der Waals surface area (Å²) in [6.07, 6.45) is 6.70. The average Bonchev–Trinajstić information content (AvgIpc) is 3.53. The fourth-order valence-corrected chi connectivity index (χ4v) is 5.43. The minimum Gasteiger partial charge on any atom is -0.396 e. The van der Waals surface area contributed by atoms with Gasteiger partial charge in [0.15, 0.2) is 5.60 Å². The van der Waals surface area contributed by atoms with Crippen LogP contribution in [0.25, 0.3) is 0 Å². The maximum absolute atomic E-state index is 13.9. The number of benzene rings is 3. The number of aliphatic hydroxyl groups is 2. The Morgan fingerprint density at radius 1 is 1.12 bits per heavy atom. The van der Waals surface area contributed by atoms with Crippen molar-refractivity contribution in [1.29, 1.82) is 0 Å². The van der Waals surface area contributed by atoms with Crippen molar-refractivity contribution in [3.63, 3.8) is 0 Å². The molecule has 0 fully saturated rings. The van der Waals surface area contributed by atoms with Gasteiger partial charge in [-0.3, -0.25) is 14.3 Å². The first-order valence-corrected chi connectivity index (χ1v) is 14.5. The van der Waals surface area contributed by atoms with Crippen LogP contribution >= 0.6 is 15.9 Å². The van der Waals surface area contributed by atoms with Gasteiger partial charge in [-0.15, -0.1) is 5.10 Å². The molecule has 10 heteroatoms. The molecule has 0 radical (unpaired) electrons. The fraction of sp³-hybridized carbons (Fsp3) is 0.250. The molecule has 0 aliphatic carbocycles. The van der Waals surface area contributed by atoms with E-state index in [2.05, 4.69) is 31.6 Å². The van der Waals surface area contributed by atoms with Gasteiger partial charge in [-0.05, 0) is 54.4 Å². The predicted molar refractivity (Wildman–Crippen MR) is 164 cm³/mol. The molecule has 3 N–H and O–H groups in total. The molecule has 42 heavy (non-hydrogen) atoms. The number of anilines is 2. The van der Waals surface area contributed by atoms with E-state index < -0.39 is 11.5 Å². The number of amides is 2. The molecular formula is C32H32BrN5O4. The quantitative estimate of drug-likeness (QED) is 0.204. The number of fused-ring (bicyclic) bond motifs is 1. The van der Waals surface area contributed by atoms with Crippen molar-refractivity contribution >= 4 is 39.1 Å². The van der Waals surface area contributed by atoms with Gasteiger partial charge in [-0.1, -0.05) is 70.6 Å². The molecule has 216 valence electrons. The fourth-order valence-electron chi connectivity index (χ4n) is 5.07. The Hall–Kier alpha value is -4.12. The molecule has 1 aliphatic rings. The highest BCUT2D eigenvalue weighted by molar-refractivity contribution is 9.10. The number of nitrogens with zero attached hydrogens (tertiary/aromatic N) is 4. The highest BCUT2D eigenvalue weighted by atomic mass is 79.9. The van der Waals surface area contributed by atoms with Gasteiger partial charge in [-0.2, -0.15) is 0 Å². The summed E-state index contributed by atoms with van der Waals surface area (Å²) in [5.74, 6) is -1.09. The number of carbonyl (C=O) groups excluding carboxylic acids is 2. The third-order valence-electron chi connectivity index (χ3n) is 7.38. The molecule has 0 saturated heterocycles. The topological polar surface area (TPSA) is 121 Å². The zero-order chi connectivity index (χ0) is 29.7. The van der Waals surface area contributed by atoms with Crippen molar-refractivity contribution in [3.8, 4) is 0 Å². The maximum atomic E-state index is 13.9. The Morgan fingerprint density at radius 3 is 2.62 bits per heavy atom. The summed E-state index contributed by atoms with van der Waals surface area (Å²) >= 11 is 3.49. The monoisotopic (exact) mass is 629 g/mol. The Labute approximate surface area is 252 Å². The lowest BCUT2D eigenvalue weighted by Gasteiger charge is -2.27. The van der Waals surface area contributed by atoms with Crippen molar-refractivity contribution in [3.05, 3.63) is 118 Å². The lowest BCUT2D eigenvalue weighted by molar-refractivity contribution is -0.139. The van der Waals surface area contributed by atoms with Gasteiger partial charge in [0, 0.05) is 53.0 Å². The molecule has 5 rings (SSSR count). The molecule has 9 nitrogen and oxygen atoms in total. The number of aliphatic hydroxyl groups excluding tert-OH is 1. The number of rotatable bonds is 11. The Kier molecular flexibility index (Phi) is 8.96. The second kappa shape index (κ2) is 12.8. The molecule has 2 amide bonds. The van der Waals surface area contributed by atoms with Crippen LogP contribution in [0.4, 0.5) is 11.4 Å². The molecule has 0 spiro atoms. The van der Waals surface area contributed by atoms with Gasteiger partial charge < -0.3 is 20.4 Å². The van der Waals surface area contributed by atoms with Gasteiger partial charge in [0.05, 0.1) is 17.9 Å². The van der Waals surface area contributed by atoms with E-state index in [0.717, 1.165) is 15.7 Å². The highest BCUT2D eigenvalue weighted by Gasteiger charge is 2.52. The average molecular weight is 631 g/mol. The van der Waals surface area contributed by atoms with Gasteiger partial charge in [-0.25, -0.2) is 0 Å². The summed E-state index contributed by atoms with van der Waals surface area (Å²) in [6, 6.07) is 21.8. The third kappa shape index (κ3) is 6.20. The zero-order valence-corrected chi connectivity index (χ0v) is 24.7. The molecule has 3 aromatic carbocycles. The molecule has 4 aromatic rings. The van der Waals surface area contributed by atoms with Crippen molar-refractivity contribution in [2.45, 2.75) is 38.5 Å². The Balaban J connectivity index is 1.28. The van der Waals surface area contributed by atoms with E-state index in [1.54, 1.807) is 46.1 Å². The zero-order valence-electron chi connectivity index (χ0n) is 23.2. The molecule has 0 saturated carbocycles. The van der Waals surface area contributed by atoms with Crippen LogP contribution in [0.15, 0.2) is 95.6 Å². The van der Waals surface area contributed by atoms with Crippen LogP contribution in [-0.4, -0.2) is 43.6 Å². The molecule has 0 bridgehead atoms. The van der Waals surface area contributed by atoms with E-state index in [-0.39, 0.29) is 25.0 Å². The first kappa shape index (κ1) is 29.4. The predicted octanol–water partition coefficient (Wildman–Crippen LogP) is 4.84. The van der Waals surface area contributed by atoms with Gasteiger partial charge in [0.25, 0.3) is 11.8 Å². The summed E-state index contributed by atoms with van der Waals surface area (Å²) in [6.45, 7) is 2.71. The number of aryl methyl sites for hydroxylation is 1. The summed E-state index contributed by atoms with van der Waals surface area (Å²) in [4.78, 5) is 28.0. The van der Waals surface area contributed by atoms with E-state index in [9.17, 15) is 14.7 Å². The smallest absolute Gasteiger partial charge is 0.264 e. The number of aromatic nitrogens is 3. The first-order chi connectivity index (χ1) is 20.3. The third-order valence-corrected chi connectivity index (χ3v) is 7.88. The number of nitrogens with one attached hydrogen (secondary N) is 1.